The van der Waals surface area contributed by atoms with E-state index in [0.717, 1.165) is 0 Å². The highest BCUT2D eigenvalue weighted by Crippen LogP contribution is 2.25. The van der Waals surface area contributed by atoms with Crippen LogP contribution in [0.15, 0.2) is 4.79 Å². The summed E-state index contributed by atoms with van der Waals surface area (Å²) in [4.78, 5) is 11.9. The third kappa shape index (κ3) is 2.05. The molecule has 0 N–H and O–H groups in total. The molecule has 0 aromatic carbocycles. The molecule has 7 nitrogen and oxygen atoms in total. The van der Waals surface area contributed by atoms with Gasteiger partial charge in [0, 0.05) is 14.2 Å². The van der Waals surface area contributed by atoms with Gasteiger partial charge in [0.15, 0.2) is 0 Å². The van der Waals surface area contributed by atoms with Crippen molar-refractivity contribution in [3.05, 3.63) is 10.5 Å². The zero-order valence-electron chi connectivity index (χ0n) is 9.85. The Morgan fingerprint density at radius 2 is 1.25 bits per heavy atom. The van der Waals surface area contributed by atoms with Crippen LogP contribution in [0.5, 0.6) is 11.8 Å². The van der Waals surface area contributed by atoms with Crippen LogP contribution in [0.3, 0.4) is 0 Å². The summed E-state index contributed by atoms with van der Waals surface area (Å²) in [5.41, 5.74) is -0.308. The molecule has 0 atom stereocenters. The van der Waals surface area contributed by atoms with Crippen LogP contribution >= 0.6 is 0 Å². The van der Waals surface area contributed by atoms with Gasteiger partial charge in [-0.3, -0.25) is 0 Å². The summed E-state index contributed by atoms with van der Waals surface area (Å²) in [5.74, 6) is 0.623. The molecule has 92 valence electrons. The summed E-state index contributed by atoms with van der Waals surface area (Å²) in [5, 5.41) is 0. The lowest BCUT2D eigenvalue weighted by Gasteiger charge is -2.06. The predicted molar refractivity (Wildman–Crippen MR) is 55.8 cm³/mol. The van der Waals surface area contributed by atoms with Crippen LogP contribution in [-0.2, 0) is 22.9 Å². The van der Waals surface area contributed by atoms with Gasteiger partial charge >= 0.3 is 5.69 Å². The molecule has 0 aliphatic carbocycles. The number of hydrogen-bond acceptors (Lipinski definition) is 5. The third-order valence-corrected chi connectivity index (χ3v) is 2.04. The van der Waals surface area contributed by atoms with Gasteiger partial charge in [-0.05, 0) is 0 Å². The average Bonchev–Trinajstić information content (AvgIpc) is 2.54. The quantitative estimate of drug-likeness (QED) is 0.684. The van der Waals surface area contributed by atoms with Crippen LogP contribution in [0.4, 0.5) is 0 Å². The molecule has 1 rings (SSSR count). The smallest absolute Gasteiger partial charge is 0.337 e. The largest absolute Gasteiger partial charge is 0.478 e. The maximum Gasteiger partial charge on any atom is 0.337 e. The summed E-state index contributed by atoms with van der Waals surface area (Å²) in [6.07, 6.45) is 0. The molecule has 0 aliphatic rings. The van der Waals surface area contributed by atoms with Crippen molar-refractivity contribution in [3.63, 3.8) is 0 Å². The van der Waals surface area contributed by atoms with Gasteiger partial charge in [0.25, 0.3) is 11.8 Å². The Kier molecular flexibility index (Phi) is 4.39. The van der Waals surface area contributed by atoms with Crippen LogP contribution in [0.25, 0.3) is 0 Å². The summed E-state index contributed by atoms with van der Waals surface area (Å²) in [6.45, 7) is 0.185. The second-order valence-electron chi connectivity index (χ2n) is 2.99. The Balaban J connectivity index is 3.32. The zero-order chi connectivity index (χ0) is 12.1. The molecule has 0 radical (unpaired) electrons. The van der Waals surface area contributed by atoms with E-state index in [2.05, 4.69) is 0 Å². The van der Waals surface area contributed by atoms with E-state index >= 15 is 0 Å². The minimum atomic E-state index is -0.308. The lowest BCUT2D eigenvalue weighted by molar-refractivity contribution is 0.109. The van der Waals surface area contributed by atoms with Gasteiger partial charge in [0.05, 0.1) is 14.2 Å². The van der Waals surface area contributed by atoms with E-state index in [-0.39, 0.29) is 19.2 Å². The van der Waals surface area contributed by atoms with Gasteiger partial charge in [0.2, 0.25) is 0 Å². The number of ether oxygens (including phenoxy) is 4. The minimum absolute atomic E-state index is 0.0923. The molecular formula is C9H16N2O5. The van der Waals surface area contributed by atoms with Crippen LogP contribution in [0.1, 0.15) is 0 Å². The molecular weight excluding hydrogens is 216 g/mol. The van der Waals surface area contributed by atoms with Crippen molar-refractivity contribution in [2.75, 3.05) is 28.4 Å². The monoisotopic (exact) mass is 232 g/mol. The van der Waals surface area contributed by atoms with E-state index in [1.807, 2.05) is 0 Å². The van der Waals surface area contributed by atoms with E-state index in [9.17, 15) is 4.79 Å². The highest BCUT2D eigenvalue weighted by Gasteiger charge is 2.21. The standard InChI is InChI=1S/C9H16N2O5/c1-13-5-10-7(15-3)8(16-4)11(6-14-2)9(10)12/h5-6H2,1-4H3. The molecule has 1 heterocycles. The van der Waals surface area contributed by atoms with Crippen molar-refractivity contribution < 1.29 is 18.9 Å². The fourth-order valence-electron chi connectivity index (χ4n) is 1.43. The van der Waals surface area contributed by atoms with Crippen LogP contribution in [-0.4, -0.2) is 37.6 Å². The van der Waals surface area contributed by atoms with Crippen molar-refractivity contribution in [2.45, 2.75) is 13.5 Å². The van der Waals surface area contributed by atoms with Crippen LogP contribution in [0.2, 0.25) is 0 Å². The highest BCUT2D eigenvalue weighted by atomic mass is 16.5. The molecule has 0 fully saturated rings. The molecule has 0 aliphatic heterocycles. The third-order valence-electron chi connectivity index (χ3n) is 2.04. The molecule has 7 heteroatoms. The van der Waals surface area contributed by atoms with Gasteiger partial charge in [-0.2, -0.15) is 0 Å². The minimum Gasteiger partial charge on any atom is -0.478 e. The Labute approximate surface area is 93.1 Å². The Bertz CT molecular complexity index is 361. The number of imidazole rings is 1. The Morgan fingerprint density at radius 3 is 1.50 bits per heavy atom. The van der Waals surface area contributed by atoms with Crippen molar-refractivity contribution >= 4 is 0 Å². The molecule has 0 saturated carbocycles. The molecule has 0 spiro atoms. The summed E-state index contributed by atoms with van der Waals surface area (Å²) >= 11 is 0. The van der Waals surface area contributed by atoms with Crippen molar-refractivity contribution in [1.29, 1.82) is 0 Å². The Morgan fingerprint density at radius 1 is 0.875 bits per heavy atom. The van der Waals surface area contributed by atoms with Crippen molar-refractivity contribution in [2.24, 2.45) is 0 Å². The summed E-state index contributed by atoms with van der Waals surface area (Å²) in [7, 11) is 5.90. The van der Waals surface area contributed by atoms with Gasteiger partial charge < -0.3 is 18.9 Å². The second-order valence-corrected chi connectivity index (χ2v) is 2.99. The van der Waals surface area contributed by atoms with Gasteiger partial charge in [0.1, 0.15) is 13.5 Å². The first-order chi connectivity index (χ1) is 7.71. The Hall–Kier alpha value is -1.47. The average molecular weight is 232 g/mol. The fraction of sp³-hybridized carbons (Fsp3) is 0.667. The normalized spacial score (nSPS) is 10.5. The zero-order valence-corrected chi connectivity index (χ0v) is 9.85. The first-order valence-electron chi connectivity index (χ1n) is 4.60. The SMILES string of the molecule is COCn1c(OC)c(OC)n(COC)c1=O. The van der Waals surface area contributed by atoms with Crippen LogP contribution in [0, 0.1) is 0 Å². The fourth-order valence-corrected chi connectivity index (χ4v) is 1.43. The molecule has 0 saturated heterocycles. The first-order valence-corrected chi connectivity index (χ1v) is 4.60. The van der Waals surface area contributed by atoms with Gasteiger partial charge in [-0.25, -0.2) is 13.9 Å². The van der Waals surface area contributed by atoms with E-state index in [0.29, 0.717) is 11.8 Å². The topological polar surface area (TPSA) is 63.9 Å². The van der Waals surface area contributed by atoms with E-state index in [1.165, 1.54) is 37.6 Å². The molecule has 0 unspecified atom stereocenters. The van der Waals surface area contributed by atoms with E-state index in [1.54, 1.807) is 0 Å². The van der Waals surface area contributed by atoms with Gasteiger partial charge in [-0.1, -0.05) is 0 Å². The van der Waals surface area contributed by atoms with Gasteiger partial charge in [-0.15, -0.1) is 0 Å². The first kappa shape index (κ1) is 12.6. The maximum absolute atomic E-state index is 11.9. The molecule has 1 aromatic rings. The molecule has 1 aromatic heterocycles. The number of rotatable bonds is 6. The van der Waals surface area contributed by atoms with Crippen molar-refractivity contribution in [3.8, 4) is 11.8 Å². The lowest BCUT2D eigenvalue weighted by atomic mass is 10.7. The number of aromatic nitrogens is 2. The molecule has 16 heavy (non-hydrogen) atoms. The highest BCUT2D eigenvalue weighted by molar-refractivity contribution is 5.28. The molecule has 0 bridgehead atoms. The lowest BCUT2D eigenvalue weighted by Crippen LogP contribution is -2.26. The van der Waals surface area contributed by atoms with E-state index in [4.69, 9.17) is 18.9 Å². The number of methoxy groups -OCH3 is 4. The van der Waals surface area contributed by atoms with E-state index < -0.39 is 0 Å². The van der Waals surface area contributed by atoms with Crippen LogP contribution < -0.4 is 15.2 Å². The summed E-state index contributed by atoms with van der Waals surface area (Å²) < 4.78 is 22.7. The molecule has 0 amide bonds. The maximum atomic E-state index is 11.9. The summed E-state index contributed by atoms with van der Waals surface area (Å²) in [6, 6.07) is 0. The number of nitrogens with zero attached hydrogens (tertiary/aromatic N) is 2. The number of hydrogen-bond donors (Lipinski definition) is 0. The van der Waals surface area contributed by atoms with Crippen molar-refractivity contribution in [1.82, 2.24) is 9.13 Å². The predicted octanol–water partition coefficient (Wildman–Crippen LogP) is -0.125. The second kappa shape index (κ2) is 5.57.